The SMILES string of the molecule is C=CCNC(=NCc1nnc(C)n1C)N1CCC(CN2CCCC2)C1.I. The number of halogens is 1. The fraction of sp³-hybridized carbons (Fsp3) is 0.722. The quantitative estimate of drug-likeness (QED) is 0.296. The van der Waals surface area contributed by atoms with Crippen LogP contribution in [-0.4, -0.2) is 69.8 Å². The molecule has 3 rings (SSSR count). The number of guanidine groups is 1. The zero-order valence-corrected chi connectivity index (χ0v) is 18.4. The van der Waals surface area contributed by atoms with Crippen molar-refractivity contribution in [1.29, 1.82) is 0 Å². The predicted molar refractivity (Wildman–Crippen MR) is 116 cm³/mol. The van der Waals surface area contributed by atoms with E-state index in [4.69, 9.17) is 4.99 Å². The van der Waals surface area contributed by atoms with Crippen LogP contribution >= 0.6 is 24.0 Å². The Labute approximate surface area is 174 Å². The Morgan fingerprint density at radius 3 is 2.73 bits per heavy atom. The molecule has 2 aliphatic rings. The molecular formula is C18H32IN7. The molecule has 3 heterocycles. The van der Waals surface area contributed by atoms with Gasteiger partial charge in [-0.2, -0.15) is 0 Å². The molecule has 2 fully saturated rings. The number of rotatable bonds is 6. The van der Waals surface area contributed by atoms with E-state index in [0.717, 1.165) is 43.2 Å². The van der Waals surface area contributed by atoms with Crippen molar-refractivity contribution in [2.24, 2.45) is 18.0 Å². The Kier molecular flexibility index (Phi) is 8.33. The van der Waals surface area contributed by atoms with Crippen molar-refractivity contribution in [3.63, 3.8) is 0 Å². The van der Waals surface area contributed by atoms with E-state index in [1.165, 1.54) is 38.9 Å². The van der Waals surface area contributed by atoms with E-state index in [9.17, 15) is 0 Å². The van der Waals surface area contributed by atoms with Crippen molar-refractivity contribution in [1.82, 2.24) is 29.9 Å². The highest BCUT2D eigenvalue weighted by Gasteiger charge is 2.27. The molecule has 2 aliphatic heterocycles. The number of hydrogen-bond acceptors (Lipinski definition) is 4. The first-order valence-electron chi connectivity index (χ1n) is 9.38. The van der Waals surface area contributed by atoms with Crippen molar-refractivity contribution in [3.8, 4) is 0 Å². The number of hydrogen-bond donors (Lipinski definition) is 1. The lowest BCUT2D eigenvalue weighted by atomic mass is 10.1. The lowest BCUT2D eigenvalue weighted by Crippen LogP contribution is -2.41. The Hall–Kier alpha value is -1.16. The van der Waals surface area contributed by atoms with Crippen LogP contribution in [0.5, 0.6) is 0 Å². The average molecular weight is 473 g/mol. The summed E-state index contributed by atoms with van der Waals surface area (Å²) < 4.78 is 1.99. The lowest BCUT2D eigenvalue weighted by Gasteiger charge is -2.23. The highest BCUT2D eigenvalue weighted by molar-refractivity contribution is 14.0. The second-order valence-corrected chi connectivity index (χ2v) is 7.14. The summed E-state index contributed by atoms with van der Waals surface area (Å²) in [6.07, 6.45) is 5.84. The van der Waals surface area contributed by atoms with Gasteiger partial charge in [0.1, 0.15) is 12.4 Å². The minimum absolute atomic E-state index is 0. The first kappa shape index (κ1) is 21.1. The Morgan fingerprint density at radius 2 is 2.08 bits per heavy atom. The van der Waals surface area contributed by atoms with Crippen LogP contribution in [0.1, 0.15) is 30.9 Å². The zero-order valence-electron chi connectivity index (χ0n) is 16.0. The minimum Gasteiger partial charge on any atom is -0.353 e. The molecule has 1 N–H and O–H groups in total. The summed E-state index contributed by atoms with van der Waals surface area (Å²) in [5, 5.41) is 11.7. The molecule has 1 unspecified atom stereocenters. The van der Waals surface area contributed by atoms with E-state index in [1.54, 1.807) is 0 Å². The van der Waals surface area contributed by atoms with Crippen LogP contribution in [0.2, 0.25) is 0 Å². The molecule has 0 radical (unpaired) electrons. The Balaban J connectivity index is 0.00000243. The number of aromatic nitrogens is 3. The molecule has 0 amide bonds. The molecule has 8 heteroatoms. The van der Waals surface area contributed by atoms with Gasteiger partial charge in [0, 0.05) is 33.2 Å². The van der Waals surface area contributed by atoms with Gasteiger partial charge in [-0.1, -0.05) is 6.08 Å². The molecule has 1 aromatic heterocycles. The molecule has 0 bridgehead atoms. The summed E-state index contributed by atoms with van der Waals surface area (Å²) in [7, 11) is 1.99. The first-order chi connectivity index (χ1) is 12.2. The van der Waals surface area contributed by atoms with Crippen molar-refractivity contribution in [2.45, 2.75) is 32.7 Å². The van der Waals surface area contributed by atoms with E-state index in [1.807, 2.05) is 24.6 Å². The van der Waals surface area contributed by atoms with Gasteiger partial charge in [-0.25, -0.2) is 4.99 Å². The van der Waals surface area contributed by atoms with Crippen LogP contribution in [0.4, 0.5) is 0 Å². The maximum atomic E-state index is 4.80. The molecule has 1 aromatic rings. The monoisotopic (exact) mass is 473 g/mol. The number of aliphatic imine (C=N–C) groups is 1. The summed E-state index contributed by atoms with van der Waals surface area (Å²) in [6.45, 7) is 13.0. The van der Waals surface area contributed by atoms with Gasteiger partial charge in [-0.3, -0.25) is 0 Å². The van der Waals surface area contributed by atoms with Crippen molar-refractivity contribution >= 4 is 29.9 Å². The number of likely N-dealkylation sites (tertiary alicyclic amines) is 2. The second kappa shape index (κ2) is 10.2. The summed E-state index contributed by atoms with van der Waals surface area (Å²) >= 11 is 0. The summed E-state index contributed by atoms with van der Waals surface area (Å²) in [5.74, 6) is 3.51. The molecule has 26 heavy (non-hydrogen) atoms. The molecule has 146 valence electrons. The topological polar surface area (TPSA) is 61.6 Å². The van der Waals surface area contributed by atoms with E-state index in [0.29, 0.717) is 6.54 Å². The van der Waals surface area contributed by atoms with Gasteiger partial charge in [0.25, 0.3) is 0 Å². The molecule has 7 nitrogen and oxygen atoms in total. The number of nitrogens with zero attached hydrogens (tertiary/aromatic N) is 6. The highest BCUT2D eigenvalue weighted by atomic mass is 127. The third-order valence-corrected chi connectivity index (χ3v) is 5.26. The molecule has 0 saturated carbocycles. The van der Waals surface area contributed by atoms with Crippen LogP contribution in [0, 0.1) is 12.8 Å². The van der Waals surface area contributed by atoms with Gasteiger partial charge in [0.2, 0.25) is 0 Å². The largest absolute Gasteiger partial charge is 0.353 e. The predicted octanol–water partition coefficient (Wildman–Crippen LogP) is 1.79. The smallest absolute Gasteiger partial charge is 0.194 e. The second-order valence-electron chi connectivity index (χ2n) is 7.14. The van der Waals surface area contributed by atoms with Crippen LogP contribution in [0.25, 0.3) is 0 Å². The Morgan fingerprint density at radius 1 is 1.31 bits per heavy atom. The summed E-state index contributed by atoms with van der Waals surface area (Å²) in [5.41, 5.74) is 0. The van der Waals surface area contributed by atoms with Gasteiger partial charge in [0.05, 0.1) is 0 Å². The van der Waals surface area contributed by atoms with E-state index in [-0.39, 0.29) is 24.0 Å². The maximum Gasteiger partial charge on any atom is 0.194 e. The van der Waals surface area contributed by atoms with Crippen molar-refractivity contribution in [3.05, 3.63) is 24.3 Å². The number of aryl methyl sites for hydroxylation is 1. The van der Waals surface area contributed by atoms with Crippen LogP contribution in [0.3, 0.4) is 0 Å². The summed E-state index contributed by atoms with van der Waals surface area (Å²) in [4.78, 5) is 9.80. The van der Waals surface area contributed by atoms with Gasteiger partial charge < -0.3 is 19.7 Å². The minimum atomic E-state index is 0. The van der Waals surface area contributed by atoms with E-state index in [2.05, 4.69) is 31.9 Å². The van der Waals surface area contributed by atoms with Crippen molar-refractivity contribution < 1.29 is 0 Å². The van der Waals surface area contributed by atoms with Gasteiger partial charge in [-0.15, -0.1) is 40.8 Å². The molecule has 0 spiro atoms. The van der Waals surface area contributed by atoms with E-state index < -0.39 is 0 Å². The number of nitrogens with one attached hydrogen (secondary N) is 1. The third kappa shape index (κ3) is 5.42. The zero-order chi connectivity index (χ0) is 17.6. The van der Waals surface area contributed by atoms with Gasteiger partial charge in [0.15, 0.2) is 11.8 Å². The molecule has 2 saturated heterocycles. The Bertz CT molecular complexity index is 607. The maximum absolute atomic E-state index is 4.80. The molecule has 0 aliphatic carbocycles. The third-order valence-electron chi connectivity index (χ3n) is 5.26. The fourth-order valence-corrected chi connectivity index (χ4v) is 3.67. The molecule has 0 aromatic carbocycles. The van der Waals surface area contributed by atoms with Gasteiger partial charge in [-0.05, 0) is 45.2 Å². The highest BCUT2D eigenvalue weighted by Crippen LogP contribution is 2.20. The van der Waals surface area contributed by atoms with Gasteiger partial charge >= 0.3 is 0 Å². The average Bonchev–Trinajstić information content (AvgIpc) is 3.34. The first-order valence-corrected chi connectivity index (χ1v) is 9.38. The fourth-order valence-electron chi connectivity index (χ4n) is 3.67. The molecule has 1 atom stereocenters. The normalized spacial score (nSPS) is 21.1. The van der Waals surface area contributed by atoms with Crippen LogP contribution in [0.15, 0.2) is 17.6 Å². The summed E-state index contributed by atoms with van der Waals surface area (Å²) in [6, 6.07) is 0. The standard InChI is InChI=1S/C18H31N7.HI/c1-4-8-19-18(20-12-17-22-21-15(2)23(17)3)25-11-7-16(14-25)13-24-9-5-6-10-24;/h4,16H,1,5-14H2,2-3H3,(H,19,20);1H. The molecular weight excluding hydrogens is 441 g/mol. The van der Waals surface area contributed by atoms with Crippen molar-refractivity contribution in [2.75, 3.05) is 39.3 Å². The van der Waals surface area contributed by atoms with E-state index >= 15 is 0 Å². The lowest BCUT2D eigenvalue weighted by molar-refractivity contribution is 0.281. The van der Waals surface area contributed by atoms with Crippen LogP contribution in [-0.2, 0) is 13.6 Å². The van der Waals surface area contributed by atoms with Crippen LogP contribution < -0.4 is 5.32 Å².